The fourth-order valence-electron chi connectivity index (χ4n) is 2.45. The third-order valence-corrected chi connectivity index (χ3v) is 3.45. The minimum absolute atomic E-state index is 0.0906. The summed E-state index contributed by atoms with van der Waals surface area (Å²) in [6, 6.07) is 2.48. The van der Waals surface area contributed by atoms with E-state index in [1.807, 2.05) is 19.9 Å². The number of hydrogen-bond acceptors (Lipinski definition) is 3. The van der Waals surface area contributed by atoms with E-state index in [0.29, 0.717) is 6.04 Å². The van der Waals surface area contributed by atoms with Crippen LogP contribution in [0.15, 0.2) is 6.07 Å². The van der Waals surface area contributed by atoms with Crippen LogP contribution in [0.4, 0.5) is 5.69 Å². The lowest BCUT2D eigenvalue weighted by Crippen LogP contribution is -2.33. The van der Waals surface area contributed by atoms with E-state index in [1.165, 1.54) is 0 Å². The molecular formula is C14H24N4. The second-order valence-corrected chi connectivity index (χ2v) is 4.74. The average molecular weight is 248 g/mol. The van der Waals surface area contributed by atoms with Crippen LogP contribution in [-0.2, 0) is 0 Å². The van der Waals surface area contributed by atoms with Crippen LogP contribution in [0.2, 0.25) is 0 Å². The van der Waals surface area contributed by atoms with Crippen LogP contribution in [-0.4, -0.2) is 23.9 Å². The first-order chi connectivity index (χ1) is 8.42. The summed E-state index contributed by atoms with van der Waals surface area (Å²) in [7, 11) is 2.07. The third-order valence-electron chi connectivity index (χ3n) is 3.45. The topological polar surface area (TPSA) is 66.0 Å². The van der Waals surface area contributed by atoms with Crippen molar-refractivity contribution in [2.45, 2.75) is 46.6 Å². The first kappa shape index (κ1) is 14.5. The average Bonchev–Trinajstić information content (AvgIpc) is 2.28. The molecule has 4 heteroatoms. The van der Waals surface area contributed by atoms with Crippen LogP contribution < -0.4 is 10.6 Å². The van der Waals surface area contributed by atoms with E-state index >= 15 is 0 Å². The molecule has 100 valence electrons. The van der Waals surface area contributed by atoms with Gasteiger partial charge in [-0.2, -0.15) is 0 Å². The van der Waals surface area contributed by atoms with Crippen LogP contribution in [0.3, 0.4) is 0 Å². The molecule has 1 aromatic heterocycles. The quantitative estimate of drug-likeness (QED) is 0.622. The SMILES string of the molecule is CCC(CC)N(C)c1cc(C)nc(C)c1C(=N)N. The molecular weight excluding hydrogens is 224 g/mol. The van der Waals surface area contributed by atoms with Gasteiger partial charge in [-0.3, -0.25) is 10.4 Å². The molecule has 0 unspecified atom stereocenters. The molecule has 0 saturated carbocycles. The Hall–Kier alpha value is -1.58. The van der Waals surface area contributed by atoms with Gasteiger partial charge < -0.3 is 10.6 Å². The summed E-state index contributed by atoms with van der Waals surface area (Å²) in [5.74, 6) is 0.0906. The molecule has 0 atom stereocenters. The fourth-order valence-corrected chi connectivity index (χ4v) is 2.45. The molecule has 1 rings (SSSR count). The summed E-state index contributed by atoms with van der Waals surface area (Å²) in [6.07, 6.45) is 2.15. The second-order valence-electron chi connectivity index (χ2n) is 4.74. The third kappa shape index (κ3) is 2.81. The molecule has 0 radical (unpaired) electrons. The molecule has 0 aromatic carbocycles. The van der Waals surface area contributed by atoms with Gasteiger partial charge in [-0.15, -0.1) is 0 Å². The van der Waals surface area contributed by atoms with Crippen molar-refractivity contribution in [3.05, 3.63) is 23.0 Å². The summed E-state index contributed by atoms with van der Waals surface area (Å²) in [5, 5.41) is 7.75. The van der Waals surface area contributed by atoms with Gasteiger partial charge in [-0.25, -0.2) is 0 Å². The Labute approximate surface area is 110 Å². The minimum Gasteiger partial charge on any atom is -0.384 e. The highest BCUT2D eigenvalue weighted by molar-refractivity contribution is 6.01. The van der Waals surface area contributed by atoms with Gasteiger partial charge in [0.2, 0.25) is 0 Å². The molecule has 1 aromatic rings. The Morgan fingerprint density at radius 2 is 1.94 bits per heavy atom. The molecule has 0 amide bonds. The smallest absolute Gasteiger partial charge is 0.126 e. The lowest BCUT2D eigenvalue weighted by atomic mass is 10.1. The van der Waals surface area contributed by atoms with Crippen molar-refractivity contribution in [3.63, 3.8) is 0 Å². The van der Waals surface area contributed by atoms with Crippen LogP contribution >= 0.6 is 0 Å². The lowest BCUT2D eigenvalue weighted by molar-refractivity contribution is 0.591. The Morgan fingerprint density at radius 3 is 2.39 bits per heavy atom. The largest absolute Gasteiger partial charge is 0.384 e. The molecule has 1 heterocycles. The number of nitrogens with zero attached hydrogens (tertiary/aromatic N) is 2. The summed E-state index contributed by atoms with van der Waals surface area (Å²) in [4.78, 5) is 6.62. The minimum atomic E-state index is 0.0906. The van der Waals surface area contributed by atoms with E-state index in [1.54, 1.807) is 0 Å². The van der Waals surface area contributed by atoms with Crippen molar-refractivity contribution in [3.8, 4) is 0 Å². The Bertz CT molecular complexity index is 436. The van der Waals surface area contributed by atoms with Crippen molar-refractivity contribution in [2.75, 3.05) is 11.9 Å². The van der Waals surface area contributed by atoms with Gasteiger partial charge in [0.25, 0.3) is 0 Å². The molecule has 3 N–H and O–H groups in total. The molecule has 0 saturated heterocycles. The van der Waals surface area contributed by atoms with Gasteiger partial charge in [-0.05, 0) is 32.8 Å². The van der Waals surface area contributed by atoms with E-state index in [0.717, 1.165) is 35.5 Å². The number of nitrogens with two attached hydrogens (primary N) is 1. The number of rotatable bonds is 5. The van der Waals surface area contributed by atoms with Crippen molar-refractivity contribution in [2.24, 2.45) is 5.73 Å². The number of aromatic nitrogens is 1. The number of hydrogen-bond donors (Lipinski definition) is 2. The van der Waals surface area contributed by atoms with E-state index in [2.05, 4.69) is 30.8 Å². The predicted molar refractivity (Wildman–Crippen MR) is 77.5 cm³/mol. The van der Waals surface area contributed by atoms with Gasteiger partial charge in [0.05, 0.1) is 16.9 Å². The molecule has 0 spiro atoms. The van der Waals surface area contributed by atoms with Gasteiger partial charge in [0, 0.05) is 18.8 Å². The van der Waals surface area contributed by atoms with Gasteiger partial charge in [-0.1, -0.05) is 13.8 Å². The summed E-state index contributed by atoms with van der Waals surface area (Å²) in [6.45, 7) is 8.24. The zero-order valence-corrected chi connectivity index (χ0v) is 12.0. The number of nitrogens with one attached hydrogen (secondary N) is 1. The van der Waals surface area contributed by atoms with Crippen molar-refractivity contribution in [1.29, 1.82) is 5.41 Å². The Morgan fingerprint density at radius 1 is 1.39 bits per heavy atom. The molecule has 0 bridgehead atoms. The maximum absolute atomic E-state index is 7.75. The van der Waals surface area contributed by atoms with Crippen LogP contribution in [0.1, 0.15) is 43.6 Å². The Kier molecular flexibility index (Phi) is 4.70. The van der Waals surface area contributed by atoms with E-state index in [-0.39, 0.29) is 5.84 Å². The highest BCUT2D eigenvalue weighted by Gasteiger charge is 2.18. The normalized spacial score (nSPS) is 10.8. The molecule has 4 nitrogen and oxygen atoms in total. The lowest BCUT2D eigenvalue weighted by Gasteiger charge is -2.30. The van der Waals surface area contributed by atoms with Gasteiger partial charge in [0.1, 0.15) is 5.84 Å². The monoisotopic (exact) mass is 248 g/mol. The molecule has 0 aliphatic rings. The molecule has 0 aliphatic heterocycles. The predicted octanol–water partition coefficient (Wildman–Crippen LogP) is 2.61. The highest BCUT2D eigenvalue weighted by atomic mass is 15.1. The standard InChI is InChI=1S/C14H24N4/c1-6-11(7-2)18(5)12-8-9(3)17-10(4)13(12)14(15)16/h8,11H,6-7H2,1-5H3,(H3,15,16). The first-order valence-electron chi connectivity index (χ1n) is 6.47. The van der Waals surface area contributed by atoms with Gasteiger partial charge >= 0.3 is 0 Å². The van der Waals surface area contributed by atoms with Crippen LogP contribution in [0.5, 0.6) is 0 Å². The Balaban J connectivity index is 3.33. The molecule has 0 aliphatic carbocycles. The van der Waals surface area contributed by atoms with Crippen molar-refractivity contribution < 1.29 is 0 Å². The maximum Gasteiger partial charge on any atom is 0.126 e. The number of anilines is 1. The van der Waals surface area contributed by atoms with Crippen molar-refractivity contribution in [1.82, 2.24) is 4.98 Å². The van der Waals surface area contributed by atoms with Crippen molar-refractivity contribution >= 4 is 11.5 Å². The summed E-state index contributed by atoms with van der Waals surface area (Å²) >= 11 is 0. The number of aryl methyl sites for hydroxylation is 2. The first-order valence-corrected chi connectivity index (χ1v) is 6.47. The summed E-state index contributed by atoms with van der Waals surface area (Å²) < 4.78 is 0. The molecule has 0 fully saturated rings. The van der Waals surface area contributed by atoms with Gasteiger partial charge in [0.15, 0.2) is 0 Å². The number of pyridine rings is 1. The number of amidine groups is 1. The van der Waals surface area contributed by atoms with Crippen LogP contribution in [0.25, 0.3) is 0 Å². The molecule has 18 heavy (non-hydrogen) atoms. The fraction of sp³-hybridized carbons (Fsp3) is 0.571. The van der Waals surface area contributed by atoms with Crippen LogP contribution in [0, 0.1) is 19.3 Å². The van der Waals surface area contributed by atoms with E-state index in [4.69, 9.17) is 11.1 Å². The highest BCUT2D eigenvalue weighted by Crippen LogP contribution is 2.25. The zero-order valence-electron chi connectivity index (χ0n) is 12.0. The summed E-state index contributed by atoms with van der Waals surface area (Å²) in [5.41, 5.74) is 9.27. The zero-order chi connectivity index (χ0) is 13.9. The second kappa shape index (κ2) is 5.85. The number of nitrogen functional groups attached to an aromatic ring is 1. The maximum atomic E-state index is 7.75. The van der Waals surface area contributed by atoms with E-state index in [9.17, 15) is 0 Å². The van der Waals surface area contributed by atoms with E-state index < -0.39 is 0 Å².